The first-order valence-electron chi connectivity index (χ1n) is 10.9. The van der Waals surface area contributed by atoms with Crippen LogP contribution >= 0.6 is 0 Å². The Morgan fingerprint density at radius 2 is 1.97 bits per heavy atom. The van der Waals surface area contributed by atoms with E-state index in [2.05, 4.69) is 15.3 Å². The van der Waals surface area contributed by atoms with Gasteiger partial charge in [-0.15, -0.1) is 0 Å². The number of alkyl halides is 2. The number of H-pyrrole nitrogens is 1. The van der Waals surface area contributed by atoms with Crippen molar-refractivity contribution in [2.24, 2.45) is 0 Å². The molecule has 0 aliphatic carbocycles. The number of aromatic amines is 1. The van der Waals surface area contributed by atoms with Crippen LogP contribution in [0.5, 0.6) is 11.5 Å². The first-order chi connectivity index (χ1) is 17.0. The molecule has 4 rings (SSSR count). The van der Waals surface area contributed by atoms with Gasteiger partial charge in [0.25, 0.3) is 5.92 Å². The number of hydrogen-bond acceptors (Lipinski definition) is 5. The Morgan fingerprint density at radius 1 is 1.19 bits per heavy atom. The van der Waals surface area contributed by atoms with E-state index in [0.29, 0.717) is 6.07 Å². The molecule has 1 fully saturated rings. The molecule has 0 spiro atoms. The highest BCUT2D eigenvalue weighted by Gasteiger charge is 2.46. The standard InChI is InChI=1S/C24H21F5N4O3/c1-13(33-7-6-24(28,29)17(12-33)14-2-5-21(34)30-10-14)23(35)32-22-19(27)9-16(11-31-22)36-20-4-3-15(25)8-18(20)26/h2-5,8-11,13,17H,6-7,12H2,1H3,(H,30,34)(H,31,32,35). The number of nitrogens with zero attached hydrogens (tertiary/aromatic N) is 2. The van der Waals surface area contributed by atoms with Gasteiger partial charge in [0.1, 0.15) is 11.6 Å². The topological polar surface area (TPSA) is 87.3 Å². The zero-order chi connectivity index (χ0) is 26.0. The summed E-state index contributed by atoms with van der Waals surface area (Å²) >= 11 is 0. The number of hydrogen-bond donors (Lipinski definition) is 2. The van der Waals surface area contributed by atoms with Crippen LogP contribution in [0.2, 0.25) is 0 Å². The van der Waals surface area contributed by atoms with Crippen molar-refractivity contribution in [3.8, 4) is 11.5 Å². The van der Waals surface area contributed by atoms with Gasteiger partial charge in [0.05, 0.1) is 18.2 Å². The van der Waals surface area contributed by atoms with Crippen molar-refractivity contribution in [1.82, 2.24) is 14.9 Å². The van der Waals surface area contributed by atoms with Crippen molar-refractivity contribution >= 4 is 11.7 Å². The SMILES string of the molecule is CC(C(=O)Nc1ncc(Oc2ccc(F)cc2F)cc1F)N1CCC(F)(F)C(c2ccc(=O)[nH]c2)C1. The minimum atomic E-state index is -3.04. The average molecular weight is 508 g/mol. The lowest BCUT2D eigenvalue weighted by molar-refractivity contribution is -0.125. The second-order valence-electron chi connectivity index (χ2n) is 8.39. The molecule has 1 aromatic carbocycles. The molecule has 3 heterocycles. The summed E-state index contributed by atoms with van der Waals surface area (Å²) in [6, 6.07) is 5.05. The van der Waals surface area contributed by atoms with Gasteiger partial charge in [-0.05, 0) is 24.6 Å². The molecule has 1 aliphatic rings. The lowest BCUT2D eigenvalue weighted by Gasteiger charge is -2.40. The fourth-order valence-corrected chi connectivity index (χ4v) is 3.91. The zero-order valence-electron chi connectivity index (χ0n) is 18.9. The zero-order valence-corrected chi connectivity index (χ0v) is 18.9. The summed E-state index contributed by atoms with van der Waals surface area (Å²) < 4.78 is 75.7. The van der Waals surface area contributed by atoms with Crippen LogP contribution in [0.1, 0.15) is 24.8 Å². The van der Waals surface area contributed by atoms with Crippen LogP contribution in [0, 0.1) is 17.5 Å². The van der Waals surface area contributed by atoms with E-state index in [4.69, 9.17) is 4.74 Å². The molecule has 0 radical (unpaired) electrons. The van der Waals surface area contributed by atoms with Gasteiger partial charge in [-0.2, -0.15) is 0 Å². The molecule has 1 saturated heterocycles. The van der Waals surface area contributed by atoms with Crippen molar-refractivity contribution in [3.63, 3.8) is 0 Å². The molecule has 190 valence electrons. The van der Waals surface area contributed by atoms with Crippen LogP contribution in [0.4, 0.5) is 27.8 Å². The lowest BCUT2D eigenvalue weighted by atomic mass is 9.87. The molecular weight excluding hydrogens is 487 g/mol. The number of benzene rings is 1. The summed E-state index contributed by atoms with van der Waals surface area (Å²) in [5.74, 6) is -8.72. The highest BCUT2D eigenvalue weighted by molar-refractivity contribution is 5.93. The van der Waals surface area contributed by atoms with Crippen LogP contribution in [0.15, 0.2) is 53.6 Å². The van der Waals surface area contributed by atoms with Crippen LogP contribution in [-0.2, 0) is 4.79 Å². The van der Waals surface area contributed by atoms with Crippen LogP contribution in [-0.4, -0.2) is 45.8 Å². The Bertz CT molecular complexity index is 1310. The summed E-state index contributed by atoms with van der Waals surface area (Å²) in [4.78, 5) is 31.7. The van der Waals surface area contributed by atoms with Crippen LogP contribution in [0.25, 0.3) is 0 Å². The van der Waals surface area contributed by atoms with E-state index in [1.54, 1.807) is 0 Å². The van der Waals surface area contributed by atoms with Gasteiger partial charge in [0, 0.05) is 43.9 Å². The summed E-state index contributed by atoms with van der Waals surface area (Å²) in [6.07, 6.45) is 1.77. The Morgan fingerprint density at radius 3 is 2.64 bits per heavy atom. The smallest absolute Gasteiger partial charge is 0.257 e. The number of carbonyl (C=O) groups excluding carboxylic acids is 1. The van der Waals surface area contributed by atoms with Crippen molar-refractivity contribution in [1.29, 1.82) is 0 Å². The first kappa shape index (κ1) is 25.3. The van der Waals surface area contributed by atoms with E-state index in [1.807, 2.05) is 0 Å². The van der Waals surface area contributed by atoms with E-state index >= 15 is 0 Å². The summed E-state index contributed by atoms with van der Waals surface area (Å²) in [7, 11) is 0. The van der Waals surface area contributed by atoms with Gasteiger partial charge < -0.3 is 15.0 Å². The van der Waals surface area contributed by atoms with Gasteiger partial charge in [-0.1, -0.05) is 6.07 Å². The van der Waals surface area contributed by atoms with Crippen molar-refractivity contribution in [2.45, 2.75) is 31.2 Å². The Labute approximate surface area is 201 Å². The molecular formula is C24H21F5N4O3. The quantitative estimate of drug-likeness (QED) is 0.481. The molecule has 1 amide bonds. The number of piperidine rings is 1. The second-order valence-corrected chi connectivity index (χ2v) is 8.39. The third-order valence-corrected chi connectivity index (χ3v) is 5.98. The molecule has 7 nitrogen and oxygen atoms in total. The van der Waals surface area contributed by atoms with Gasteiger partial charge in [-0.25, -0.2) is 26.9 Å². The molecule has 2 atom stereocenters. The molecule has 2 unspecified atom stereocenters. The summed E-state index contributed by atoms with van der Waals surface area (Å²) in [6.45, 7) is 1.25. The maximum Gasteiger partial charge on any atom is 0.257 e. The highest BCUT2D eigenvalue weighted by Crippen LogP contribution is 2.40. The Balaban J connectivity index is 1.43. The Hall–Kier alpha value is -3.80. The highest BCUT2D eigenvalue weighted by atomic mass is 19.3. The number of pyridine rings is 2. The number of rotatable bonds is 6. The van der Waals surface area contributed by atoms with Crippen LogP contribution < -0.4 is 15.6 Å². The van der Waals surface area contributed by atoms with E-state index < -0.39 is 59.0 Å². The molecule has 0 saturated carbocycles. The number of carbonyl (C=O) groups is 1. The molecule has 1 aliphatic heterocycles. The van der Waals surface area contributed by atoms with E-state index in [0.717, 1.165) is 30.5 Å². The second kappa shape index (κ2) is 10.1. The largest absolute Gasteiger partial charge is 0.453 e. The molecule has 2 aromatic heterocycles. The third-order valence-electron chi connectivity index (χ3n) is 5.98. The minimum absolute atomic E-state index is 0.0760. The minimum Gasteiger partial charge on any atom is -0.453 e. The number of anilines is 1. The van der Waals surface area contributed by atoms with Gasteiger partial charge in [0.15, 0.2) is 23.2 Å². The molecule has 0 bridgehead atoms. The van der Waals surface area contributed by atoms with E-state index in [1.165, 1.54) is 24.1 Å². The number of nitrogens with one attached hydrogen (secondary N) is 2. The normalized spacial score (nSPS) is 18.4. The number of ether oxygens (including phenoxy) is 1. The predicted octanol–water partition coefficient (Wildman–Crippen LogP) is 4.43. The monoisotopic (exact) mass is 508 g/mol. The first-order valence-corrected chi connectivity index (χ1v) is 10.9. The lowest BCUT2D eigenvalue weighted by Crippen LogP contribution is -2.52. The molecule has 3 aromatic rings. The van der Waals surface area contributed by atoms with Crippen molar-refractivity contribution in [3.05, 3.63) is 82.2 Å². The number of amides is 1. The number of halogens is 5. The average Bonchev–Trinajstić information content (AvgIpc) is 2.82. The molecule has 36 heavy (non-hydrogen) atoms. The predicted molar refractivity (Wildman–Crippen MR) is 120 cm³/mol. The fraction of sp³-hybridized carbons (Fsp3) is 0.292. The number of aromatic nitrogens is 2. The van der Waals surface area contributed by atoms with Gasteiger partial charge in [-0.3, -0.25) is 14.5 Å². The summed E-state index contributed by atoms with van der Waals surface area (Å²) in [5, 5.41) is 2.32. The van der Waals surface area contributed by atoms with E-state index in [9.17, 15) is 31.5 Å². The van der Waals surface area contributed by atoms with Crippen LogP contribution in [0.3, 0.4) is 0 Å². The van der Waals surface area contributed by atoms with Crippen molar-refractivity contribution < 1.29 is 31.5 Å². The van der Waals surface area contributed by atoms with Gasteiger partial charge >= 0.3 is 0 Å². The third kappa shape index (κ3) is 5.54. The molecule has 12 heteroatoms. The fourth-order valence-electron chi connectivity index (χ4n) is 3.91. The maximum absolute atomic E-state index is 14.6. The number of likely N-dealkylation sites (tertiary alicyclic amines) is 1. The van der Waals surface area contributed by atoms with E-state index in [-0.39, 0.29) is 30.2 Å². The van der Waals surface area contributed by atoms with Crippen molar-refractivity contribution in [2.75, 3.05) is 18.4 Å². The van der Waals surface area contributed by atoms with Gasteiger partial charge in [0.2, 0.25) is 11.5 Å². The summed E-state index contributed by atoms with van der Waals surface area (Å²) in [5.41, 5.74) is -0.186. The Kier molecular flexibility index (Phi) is 7.07. The maximum atomic E-state index is 14.6. The molecule has 2 N–H and O–H groups in total.